The monoisotopic (exact) mass is 209 g/mol. The molecule has 82 valence electrons. The minimum absolute atomic E-state index is 0.0869. The molecule has 0 spiro atoms. The lowest BCUT2D eigenvalue weighted by molar-refractivity contribution is -0.187. The Morgan fingerprint density at radius 3 is 2.43 bits per heavy atom. The Labute approximate surface area is 81.1 Å². The van der Waals surface area contributed by atoms with E-state index >= 15 is 0 Å². The molecule has 14 heavy (non-hydrogen) atoms. The third-order valence-electron chi connectivity index (χ3n) is 2.57. The highest BCUT2D eigenvalue weighted by molar-refractivity contribution is 5.82. The first kappa shape index (κ1) is 11.3. The Kier molecular flexibility index (Phi) is 3.07. The molecule has 1 unspecified atom stereocenters. The number of likely N-dealkylation sites (tertiary alicyclic amines) is 1. The summed E-state index contributed by atoms with van der Waals surface area (Å²) >= 11 is 0. The van der Waals surface area contributed by atoms with Crippen LogP contribution in [0.1, 0.15) is 26.7 Å². The Balaban J connectivity index is 2.72. The van der Waals surface area contributed by atoms with Gasteiger partial charge in [-0.3, -0.25) is 4.79 Å². The molecule has 5 heteroatoms. The molecule has 1 fully saturated rings. The van der Waals surface area contributed by atoms with Crippen LogP contribution in [0.15, 0.2) is 0 Å². The van der Waals surface area contributed by atoms with E-state index in [-0.39, 0.29) is 18.5 Å². The molecule has 1 heterocycles. The van der Waals surface area contributed by atoms with Crippen molar-refractivity contribution in [2.45, 2.75) is 38.9 Å². The van der Waals surface area contributed by atoms with Crippen molar-refractivity contribution < 1.29 is 18.0 Å². The van der Waals surface area contributed by atoms with E-state index in [2.05, 4.69) is 0 Å². The molecule has 0 N–H and O–H groups in total. The SMILES string of the molecule is CC(C)C1CCCN1C(=O)C(F)(F)F. The maximum Gasteiger partial charge on any atom is 0.471 e. The zero-order valence-corrected chi connectivity index (χ0v) is 8.27. The van der Waals surface area contributed by atoms with Crippen LogP contribution < -0.4 is 0 Å². The van der Waals surface area contributed by atoms with E-state index in [1.54, 1.807) is 0 Å². The molecular formula is C9H14F3NO. The van der Waals surface area contributed by atoms with Crippen molar-refractivity contribution in [2.24, 2.45) is 5.92 Å². The van der Waals surface area contributed by atoms with Crippen LogP contribution >= 0.6 is 0 Å². The average molecular weight is 209 g/mol. The summed E-state index contributed by atoms with van der Waals surface area (Å²) in [4.78, 5) is 11.9. The number of amides is 1. The van der Waals surface area contributed by atoms with Gasteiger partial charge >= 0.3 is 12.1 Å². The molecule has 1 aliphatic heterocycles. The van der Waals surface area contributed by atoms with E-state index in [0.29, 0.717) is 12.8 Å². The summed E-state index contributed by atoms with van der Waals surface area (Å²) in [7, 11) is 0. The second-order valence-electron chi connectivity index (χ2n) is 3.95. The number of halogens is 3. The van der Waals surface area contributed by atoms with E-state index < -0.39 is 12.1 Å². The van der Waals surface area contributed by atoms with Crippen molar-refractivity contribution in [3.8, 4) is 0 Å². The van der Waals surface area contributed by atoms with Crippen LogP contribution in [0.25, 0.3) is 0 Å². The number of nitrogens with zero attached hydrogens (tertiary/aromatic N) is 1. The molecule has 0 aliphatic carbocycles. The molecule has 2 nitrogen and oxygen atoms in total. The van der Waals surface area contributed by atoms with Crippen molar-refractivity contribution in [1.82, 2.24) is 4.90 Å². The van der Waals surface area contributed by atoms with Gasteiger partial charge in [0.05, 0.1) is 0 Å². The van der Waals surface area contributed by atoms with Gasteiger partial charge in [0.2, 0.25) is 0 Å². The minimum atomic E-state index is -4.72. The van der Waals surface area contributed by atoms with Gasteiger partial charge < -0.3 is 4.90 Å². The number of hydrogen-bond acceptors (Lipinski definition) is 1. The zero-order chi connectivity index (χ0) is 10.9. The summed E-state index contributed by atoms with van der Waals surface area (Å²) in [5.74, 6) is -1.60. The molecule has 0 radical (unpaired) electrons. The zero-order valence-electron chi connectivity index (χ0n) is 8.27. The summed E-state index contributed by atoms with van der Waals surface area (Å²) in [6.07, 6.45) is -3.37. The molecule has 0 aromatic rings. The molecule has 1 rings (SSSR count). The molecule has 1 atom stereocenters. The highest BCUT2D eigenvalue weighted by Gasteiger charge is 2.46. The van der Waals surface area contributed by atoms with Crippen molar-refractivity contribution in [3.63, 3.8) is 0 Å². The largest absolute Gasteiger partial charge is 0.471 e. The normalized spacial score (nSPS) is 23.3. The first-order valence-corrected chi connectivity index (χ1v) is 4.72. The molecule has 1 saturated heterocycles. The van der Waals surface area contributed by atoms with Crippen LogP contribution in [-0.4, -0.2) is 29.6 Å². The summed E-state index contributed by atoms with van der Waals surface area (Å²) in [5, 5.41) is 0. The first-order chi connectivity index (χ1) is 6.34. The fraction of sp³-hybridized carbons (Fsp3) is 0.889. The number of carbonyl (C=O) groups is 1. The maximum absolute atomic E-state index is 12.1. The molecule has 0 saturated carbocycles. The van der Waals surface area contributed by atoms with Gasteiger partial charge in [-0.15, -0.1) is 0 Å². The lowest BCUT2D eigenvalue weighted by Gasteiger charge is -2.28. The second kappa shape index (κ2) is 3.79. The van der Waals surface area contributed by atoms with Gasteiger partial charge in [0.1, 0.15) is 0 Å². The lowest BCUT2D eigenvalue weighted by Crippen LogP contribution is -2.45. The molecule has 0 aromatic heterocycles. The summed E-state index contributed by atoms with van der Waals surface area (Å²) in [6, 6.07) is -0.246. The third kappa shape index (κ3) is 2.19. The molecule has 0 bridgehead atoms. The number of alkyl halides is 3. The highest BCUT2D eigenvalue weighted by Crippen LogP contribution is 2.28. The predicted octanol–water partition coefficient (Wildman–Crippen LogP) is 2.20. The Morgan fingerprint density at radius 1 is 1.43 bits per heavy atom. The lowest BCUT2D eigenvalue weighted by atomic mass is 10.0. The fourth-order valence-corrected chi connectivity index (χ4v) is 1.90. The molecule has 0 aromatic carbocycles. The fourth-order valence-electron chi connectivity index (χ4n) is 1.90. The highest BCUT2D eigenvalue weighted by atomic mass is 19.4. The maximum atomic E-state index is 12.1. The van der Waals surface area contributed by atoms with Gasteiger partial charge in [-0.1, -0.05) is 13.8 Å². The molecule has 1 aliphatic rings. The van der Waals surface area contributed by atoms with Gasteiger partial charge in [-0.2, -0.15) is 13.2 Å². The van der Waals surface area contributed by atoms with Crippen LogP contribution in [-0.2, 0) is 4.79 Å². The van der Waals surface area contributed by atoms with E-state index in [9.17, 15) is 18.0 Å². The first-order valence-electron chi connectivity index (χ1n) is 4.72. The van der Waals surface area contributed by atoms with Crippen molar-refractivity contribution in [1.29, 1.82) is 0 Å². The smallest absolute Gasteiger partial charge is 0.332 e. The van der Waals surface area contributed by atoms with Gasteiger partial charge in [0.25, 0.3) is 0 Å². The number of rotatable bonds is 1. The summed E-state index contributed by atoms with van der Waals surface area (Å²) in [5.41, 5.74) is 0. The van der Waals surface area contributed by atoms with Crippen molar-refractivity contribution >= 4 is 5.91 Å². The van der Waals surface area contributed by atoms with Crippen LogP contribution in [0.4, 0.5) is 13.2 Å². The van der Waals surface area contributed by atoms with E-state index in [1.807, 2.05) is 13.8 Å². The standard InChI is InChI=1S/C9H14F3NO/c1-6(2)7-4-3-5-13(7)8(14)9(10,11)12/h6-7H,3-5H2,1-2H3. The Hall–Kier alpha value is -0.740. The van der Waals surface area contributed by atoms with Crippen LogP contribution in [0, 0.1) is 5.92 Å². The number of carbonyl (C=O) groups excluding carboxylic acids is 1. The third-order valence-corrected chi connectivity index (χ3v) is 2.57. The van der Waals surface area contributed by atoms with Crippen LogP contribution in [0.5, 0.6) is 0 Å². The van der Waals surface area contributed by atoms with Crippen molar-refractivity contribution in [2.75, 3.05) is 6.54 Å². The minimum Gasteiger partial charge on any atom is -0.332 e. The second-order valence-corrected chi connectivity index (χ2v) is 3.95. The summed E-state index contributed by atoms with van der Waals surface area (Å²) < 4.78 is 36.4. The Morgan fingerprint density at radius 2 is 2.00 bits per heavy atom. The van der Waals surface area contributed by atoms with E-state index in [4.69, 9.17) is 0 Å². The van der Waals surface area contributed by atoms with Gasteiger partial charge in [0.15, 0.2) is 0 Å². The summed E-state index contributed by atoms with van der Waals surface area (Å²) in [6.45, 7) is 3.92. The van der Waals surface area contributed by atoms with E-state index in [0.717, 1.165) is 4.90 Å². The quantitative estimate of drug-likeness (QED) is 0.648. The van der Waals surface area contributed by atoms with Crippen molar-refractivity contribution in [3.05, 3.63) is 0 Å². The van der Waals surface area contributed by atoms with Gasteiger partial charge in [0, 0.05) is 12.6 Å². The topological polar surface area (TPSA) is 20.3 Å². The predicted molar refractivity (Wildman–Crippen MR) is 45.6 cm³/mol. The number of hydrogen-bond donors (Lipinski definition) is 0. The molecular weight excluding hydrogens is 195 g/mol. The Bertz CT molecular complexity index is 225. The van der Waals surface area contributed by atoms with Crippen LogP contribution in [0.2, 0.25) is 0 Å². The van der Waals surface area contributed by atoms with E-state index in [1.165, 1.54) is 0 Å². The van der Waals surface area contributed by atoms with Gasteiger partial charge in [-0.05, 0) is 18.8 Å². The van der Waals surface area contributed by atoms with Crippen LogP contribution in [0.3, 0.4) is 0 Å². The average Bonchev–Trinajstić information content (AvgIpc) is 2.48. The molecule has 1 amide bonds. The van der Waals surface area contributed by atoms with Gasteiger partial charge in [-0.25, -0.2) is 0 Å².